The lowest BCUT2D eigenvalue weighted by Crippen LogP contribution is -1.95. The molecule has 1 atom stereocenters. The monoisotopic (exact) mass is 176 g/mol. The van der Waals surface area contributed by atoms with Gasteiger partial charge in [0.25, 0.3) is 0 Å². The van der Waals surface area contributed by atoms with Crippen molar-refractivity contribution >= 4 is 0 Å². The molecule has 1 N–H and O–H groups in total. The second kappa shape index (κ2) is 4.13. The zero-order chi connectivity index (χ0) is 9.84. The summed E-state index contributed by atoms with van der Waals surface area (Å²) in [7, 11) is 0. The summed E-state index contributed by atoms with van der Waals surface area (Å²) in [5, 5.41) is 9.65. The highest BCUT2D eigenvalue weighted by molar-refractivity contribution is 5.41. The van der Waals surface area contributed by atoms with E-state index in [1.54, 1.807) is 6.07 Å². The van der Waals surface area contributed by atoms with Crippen molar-refractivity contribution < 1.29 is 5.11 Å². The molecule has 0 saturated heterocycles. The molecular formula is C12H16O. The maximum absolute atomic E-state index is 9.65. The maximum atomic E-state index is 9.65. The zero-order valence-corrected chi connectivity index (χ0v) is 8.25. The van der Waals surface area contributed by atoms with Crippen LogP contribution in [0.1, 0.15) is 30.4 Å². The Morgan fingerprint density at radius 1 is 1.54 bits per heavy atom. The second-order valence-corrected chi connectivity index (χ2v) is 3.43. The van der Waals surface area contributed by atoms with E-state index in [0.29, 0.717) is 11.7 Å². The fourth-order valence-electron chi connectivity index (χ4n) is 1.67. The number of hydrogen-bond acceptors (Lipinski definition) is 1. The normalized spacial score (nSPS) is 12.5. The van der Waals surface area contributed by atoms with Gasteiger partial charge in [0.1, 0.15) is 5.75 Å². The average Bonchev–Trinajstić information content (AvgIpc) is 2.04. The lowest BCUT2D eigenvalue weighted by atomic mass is 9.93. The van der Waals surface area contributed by atoms with E-state index in [4.69, 9.17) is 0 Å². The largest absolute Gasteiger partial charge is 0.508 e. The molecule has 0 amide bonds. The molecule has 0 saturated carbocycles. The van der Waals surface area contributed by atoms with Crippen molar-refractivity contribution in [3.05, 3.63) is 42.0 Å². The number of aryl methyl sites for hydroxylation is 1. The molecule has 1 unspecified atom stereocenters. The van der Waals surface area contributed by atoms with Gasteiger partial charge in [-0.15, -0.1) is 6.58 Å². The SMILES string of the molecule is C=CCC(C)c1c(C)cccc1O. The van der Waals surface area contributed by atoms with Gasteiger partial charge < -0.3 is 5.11 Å². The molecule has 0 aliphatic carbocycles. The van der Waals surface area contributed by atoms with Gasteiger partial charge in [0.2, 0.25) is 0 Å². The minimum absolute atomic E-state index is 0.346. The standard InChI is InChI=1S/C12H16O/c1-4-6-9(2)12-10(3)7-5-8-11(12)13/h4-5,7-9,13H,1,6H2,2-3H3. The predicted molar refractivity (Wildman–Crippen MR) is 56.1 cm³/mol. The molecule has 13 heavy (non-hydrogen) atoms. The highest BCUT2D eigenvalue weighted by Crippen LogP contribution is 2.30. The van der Waals surface area contributed by atoms with E-state index in [-0.39, 0.29) is 0 Å². The highest BCUT2D eigenvalue weighted by atomic mass is 16.3. The zero-order valence-electron chi connectivity index (χ0n) is 8.25. The minimum atomic E-state index is 0.346. The first-order valence-corrected chi connectivity index (χ1v) is 4.56. The second-order valence-electron chi connectivity index (χ2n) is 3.43. The van der Waals surface area contributed by atoms with E-state index >= 15 is 0 Å². The lowest BCUT2D eigenvalue weighted by molar-refractivity contribution is 0.462. The van der Waals surface area contributed by atoms with E-state index < -0.39 is 0 Å². The molecule has 0 spiro atoms. The number of phenolic OH excluding ortho intramolecular Hbond substituents is 1. The Morgan fingerprint density at radius 2 is 2.23 bits per heavy atom. The number of aromatic hydroxyl groups is 1. The average molecular weight is 176 g/mol. The van der Waals surface area contributed by atoms with Crippen molar-refractivity contribution in [3.8, 4) is 5.75 Å². The van der Waals surface area contributed by atoms with Crippen LogP contribution >= 0.6 is 0 Å². The van der Waals surface area contributed by atoms with Crippen molar-refractivity contribution in [1.82, 2.24) is 0 Å². The number of hydrogen-bond donors (Lipinski definition) is 1. The topological polar surface area (TPSA) is 20.2 Å². The molecule has 70 valence electrons. The smallest absolute Gasteiger partial charge is 0.119 e. The number of benzene rings is 1. The predicted octanol–water partition coefficient (Wildman–Crippen LogP) is 3.38. The van der Waals surface area contributed by atoms with E-state index in [1.807, 2.05) is 25.1 Å². The summed E-state index contributed by atoms with van der Waals surface area (Å²) in [5.41, 5.74) is 2.19. The van der Waals surface area contributed by atoms with Crippen LogP contribution in [0.15, 0.2) is 30.9 Å². The van der Waals surface area contributed by atoms with Gasteiger partial charge >= 0.3 is 0 Å². The Morgan fingerprint density at radius 3 is 2.77 bits per heavy atom. The molecule has 1 heteroatoms. The maximum Gasteiger partial charge on any atom is 0.119 e. The third-order valence-corrected chi connectivity index (χ3v) is 2.31. The summed E-state index contributed by atoms with van der Waals surface area (Å²) in [5.74, 6) is 0.744. The summed E-state index contributed by atoms with van der Waals surface area (Å²) in [6.45, 7) is 7.83. The van der Waals surface area contributed by atoms with Crippen LogP contribution in [0, 0.1) is 6.92 Å². The first-order valence-electron chi connectivity index (χ1n) is 4.56. The summed E-state index contributed by atoms with van der Waals surface area (Å²) < 4.78 is 0. The van der Waals surface area contributed by atoms with Crippen molar-refractivity contribution in [2.24, 2.45) is 0 Å². The van der Waals surface area contributed by atoms with Gasteiger partial charge in [-0.2, -0.15) is 0 Å². The van der Waals surface area contributed by atoms with Gasteiger partial charge in [-0.1, -0.05) is 25.1 Å². The fraction of sp³-hybridized carbons (Fsp3) is 0.333. The third kappa shape index (κ3) is 2.11. The van der Waals surface area contributed by atoms with E-state index in [0.717, 1.165) is 17.5 Å². The fourth-order valence-corrected chi connectivity index (χ4v) is 1.67. The van der Waals surface area contributed by atoms with Crippen molar-refractivity contribution in [2.75, 3.05) is 0 Å². The van der Waals surface area contributed by atoms with Gasteiger partial charge in [0, 0.05) is 0 Å². The van der Waals surface area contributed by atoms with Crippen LogP contribution in [0.25, 0.3) is 0 Å². The summed E-state index contributed by atoms with van der Waals surface area (Å²) in [6, 6.07) is 5.63. The molecule has 0 aliphatic rings. The molecule has 1 aromatic rings. The molecular weight excluding hydrogens is 160 g/mol. The van der Waals surface area contributed by atoms with Crippen LogP contribution in [0.2, 0.25) is 0 Å². The quantitative estimate of drug-likeness (QED) is 0.700. The van der Waals surface area contributed by atoms with Gasteiger partial charge in [0.05, 0.1) is 0 Å². The van der Waals surface area contributed by atoms with Crippen LogP contribution < -0.4 is 0 Å². The van der Waals surface area contributed by atoms with Crippen LogP contribution in [-0.2, 0) is 0 Å². The number of rotatable bonds is 3. The lowest BCUT2D eigenvalue weighted by Gasteiger charge is -2.14. The summed E-state index contributed by atoms with van der Waals surface area (Å²) in [6.07, 6.45) is 2.79. The van der Waals surface area contributed by atoms with Crippen molar-refractivity contribution in [3.63, 3.8) is 0 Å². The van der Waals surface area contributed by atoms with E-state index in [9.17, 15) is 5.11 Å². The molecule has 1 nitrogen and oxygen atoms in total. The first kappa shape index (κ1) is 9.85. The molecule has 1 aromatic carbocycles. The Bertz CT molecular complexity index is 282. The van der Waals surface area contributed by atoms with Gasteiger partial charge in [-0.05, 0) is 36.5 Å². The Hall–Kier alpha value is -1.24. The minimum Gasteiger partial charge on any atom is -0.508 e. The molecule has 0 aromatic heterocycles. The molecule has 0 fully saturated rings. The highest BCUT2D eigenvalue weighted by Gasteiger charge is 2.10. The Labute approximate surface area is 79.7 Å². The first-order chi connectivity index (χ1) is 6.16. The van der Waals surface area contributed by atoms with Gasteiger partial charge in [0.15, 0.2) is 0 Å². The molecule has 0 bridgehead atoms. The molecule has 0 radical (unpaired) electrons. The third-order valence-electron chi connectivity index (χ3n) is 2.31. The van der Waals surface area contributed by atoms with Crippen LogP contribution in [0.3, 0.4) is 0 Å². The molecule has 1 rings (SSSR count). The van der Waals surface area contributed by atoms with Crippen LogP contribution in [0.4, 0.5) is 0 Å². The molecule has 0 aliphatic heterocycles. The van der Waals surface area contributed by atoms with Gasteiger partial charge in [-0.25, -0.2) is 0 Å². The Kier molecular flexibility index (Phi) is 3.13. The number of phenols is 1. The van der Waals surface area contributed by atoms with E-state index in [2.05, 4.69) is 13.5 Å². The van der Waals surface area contributed by atoms with E-state index in [1.165, 1.54) is 0 Å². The molecule has 0 heterocycles. The Balaban J connectivity index is 3.04. The van der Waals surface area contributed by atoms with Crippen LogP contribution in [0.5, 0.6) is 5.75 Å². The summed E-state index contributed by atoms with van der Waals surface area (Å²) >= 11 is 0. The van der Waals surface area contributed by atoms with Crippen molar-refractivity contribution in [1.29, 1.82) is 0 Å². The van der Waals surface area contributed by atoms with Crippen molar-refractivity contribution in [2.45, 2.75) is 26.2 Å². The van der Waals surface area contributed by atoms with Gasteiger partial charge in [-0.3, -0.25) is 0 Å². The summed E-state index contributed by atoms with van der Waals surface area (Å²) in [4.78, 5) is 0. The number of allylic oxidation sites excluding steroid dienone is 1. The van der Waals surface area contributed by atoms with Crippen LogP contribution in [-0.4, -0.2) is 5.11 Å².